The summed E-state index contributed by atoms with van der Waals surface area (Å²) in [6, 6.07) is 0. The van der Waals surface area contributed by atoms with Crippen LogP contribution in [-0.2, 0) is 0 Å². The molecule has 0 aliphatic rings. The Balaban J connectivity index is 5.09. The molecule has 0 aliphatic heterocycles. The maximum atomic E-state index is 10.3. The van der Waals surface area contributed by atoms with Crippen LogP contribution in [0, 0.1) is 11.8 Å². The van der Waals surface area contributed by atoms with Crippen molar-refractivity contribution in [2.24, 2.45) is 11.8 Å². The summed E-state index contributed by atoms with van der Waals surface area (Å²) in [6.45, 7) is 11.9. The summed E-state index contributed by atoms with van der Waals surface area (Å²) in [5, 5.41) is 30.5. The van der Waals surface area contributed by atoms with Gasteiger partial charge in [-0.25, -0.2) is 0 Å². The first-order valence-corrected chi connectivity index (χ1v) is 5.52. The molecule has 0 aromatic heterocycles. The van der Waals surface area contributed by atoms with Gasteiger partial charge >= 0.3 is 0 Å². The molecule has 0 fully saturated rings. The van der Waals surface area contributed by atoms with E-state index in [1.807, 2.05) is 13.8 Å². The van der Waals surface area contributed by atoms with E-state index in [0.29, 0.717) is 0 Å². The molecular formula is C12H26O3. The highest BCUT2D eigenvalue weighted by Gasteiger charge is 2.50. The van der Waals surface area contributed by atoms with Gasteiger partial charge in [0.05, 0.1) is 16.8 Å². The van der Waals surface area contributed by atoms with E-state index in [4.69, 9.17) is 0 Å². The number of hydrogen-bond acceptors (Lipinski definition) is 3. The highest BCUT2D eigenvalue weighted by Crippen LogP contribution is 2.38. The minimum atomic E-state index is -1.33. The van der Waals surface area contributed by atoms with Gasteiger partial charge in [-0.3, -0.25) is 0 Å². The lowest BCUT2D eigenvalue weighted by molar-refractivity contribution is -0.199. The van der Waals surface area contributed by atoms with Gasteiger partial charge in [0.15, 0.2) is 0 Å². The molecule has 0 saturated heterocycles. The Kier molecular flexibility index (Phi) is 4.01. The lowest BCUT2D eigenvalue weighted by Gasteiger charge is -2.47. The predicted octanol–water partition coefficient (Wildman–Crippen LogP) is 1.55. The van der Waals surface area contributed by atoms with Crippen LogP contribution in [0.15, 0.2) is 0 Å². The Morgan fingerprint density at radius 3 is 1.33 bits per heavy atom. The van der Waals surface area contributed by atoms with Crippen molar-refractivity contribution < 1.29 is 15.3 Å². The molecule has 3 nitrogen and oxygen atoms in total. The summed E-state index contributed by atoms with van der Waals surface area (Å²) >= 11 is 0. The molecule has 3 heteroatoms. The van der Waals surface area contributed by atoms with Crippen molar-refractivity contribution in [3.05, 3.63) is 0 Å². The highest BCUT2D eigenvalue weighted by atomic mass is 16.4. The fourth-order valence-corrected chi connectivity index (χ4v) is 1.60. The minimum Gasteiger partial charge on any atom is -0.390 e. The van der Waals surface area contributed by atoms with Crippen LogP contribution in [0.2, 0.25) is 0 Å². The van der Waals surface area contributed by atoms with Crippen LogP contribution in [0.5, 0.6) is 0 Å². The second kappa shape index (κ2) is 4.04. The van der Waals surface area contributed by atoms with Gasteiger partial charge in [-0.15, -0.1) is 0 Å². The molecule has 0 aliphatic carbocycles. The number of hydrogen-bond donors (Lipinski definition) is 3. The molecular weight excluding hydrogens is 192 g/mol. The zero-order valence-corrected chi connectivity index (χ0v) is 11.0. The summed E-state index contributed by atoms with van der Waals surface area (Å²) in [4.78, 5) is 0. The first-order valence-electron chi connectivity index (χ1n) is 5.52. The van der Waals surface area contributed by atoms with Gasteiger partial charge in [-0.2, -0.15) is 0 Å². The van der Waals surface area contributed by atoms with E-state index >= 15 is 0 Å². The normalized spacial score (nSPS) is 23.4. The van der Waals surface area contributed by atoms with Gasteiger partial charge in [-0.1, -0.05) is 20.8 Å². The van der Waals surface area contributed by atoms with Gasteiger partial charge in [0.25, 0.3) is 0 Å². The highest BCUT2D eigenvalue weighted by molar-refractivity contribution is 5.01. The third-order valence-corrected chi connectivity index (χ3v) is 4.13. The average Bonchev–Trinajstić information content (AvgIpc) is 2.00. The largest absolute Gasteiger partial charge is 0.390 e. The lowest BCUT2D eigenvalue weighted by Crippen LogP contribution is -2.59. The summed E-state index contributed by atoms with van der Waals surface area (Å²) in [7, 11) is 0. The Morgan fingerprint density at radius 2 is 1.13 bits per heavy atom. The van der Waals surface area contributed by atoms with Crippen molar-refractivity contribution in [1.82, 2.24) is 0 Å². The quantitative estimate of drug-likeness (QED) is 0.671. The van der Waals surface area contributed by atoms with Crippen molar-refractivity contribution in [3.63, 3.8) is 0 Å². The van der Waals surface area contributed by atoms with Crippen LogP contribution in [0.3, 0.4) is 0 Å². The van der Waals surface area contributed by atoms with E-state index < -0.39 is 22.7 Å². The van der Waals surface area contributed by atoms with Crippen molar-refractivity contribution in [1.29, 1.82) is 0 Å². The lowest BCUT2D eigenvalue weighted by atomic mass is 9.67. The van der Waals surface area contributed by atoms with Crippen LogP contribution in [-0.4, -0.2) is 32.1 Å². The van der Waals surface area contributed by atoms with Crippen molar-refractivity contribution >= 4 is 0 Å². The molecule has 0 rings (SSSR count). The zero-order valence-electron chi connectivity index (χ0n) is 11.0. The van der Waals surface area contributed by atoms with Crippen molar-refractivity contribution in [2.75, 3.05) is 0 Å². The van der Waals surface area contributed by atoms with Gasteiger partial charge in [0, 0.05) is 5.92 Å². The topological polar surface area (TPSA) is 60.7 Å². The maximum absolute atomic E-state index is 10.3. The molecule has 3 unspecified atom stereocenters. The second-order valence-electron chi connectivity index (χ2n) is 5.81. The molecule has 0 aromatic carbocycles. The van der Waals surface area contributed by atoms with Crippen LogP contribution in [0.25, 0.3) is 0 Å². The zero-order chi connectivity index (χ0) is 12.7. The monoisotopic (exact) mass is 218 g/mol. The van der Waals surface area contributed by atoms with E-state index in [2.05, 4.69) is 0 Å². The molecule has 15 heavy (non-hydrogen) atoms. The number of aliphatic hydroxyl groups is 3. The molecule has 0 aromatic rings. The standard InChI is InChI=1S/C12H26O3/c1-8(2)11(6,14)9(3)12(7,15)10(4,5)13/h8-9,13-15H,1-7H3. The van der Waals surface area contributed by atoms with E-state index in [9.17, 15) is 15.3 Å². The van der Waals surface area contributed by atoms with Gasteiger partial charge in [0.1, 0.15) is 0 Å². The first kappa shape index (κ1) is 14.9. The van der Waals surface area contributed by atoms with Crippen molar-refractivity contribution in [3.8, 4) is 0 Å². The molecule has 3 atom stereocenters. The minimum absolute atomic E-state index is 0.0151. The van der Waals surface area contributed by atoms with Crippen LogP contribution < -0.4 is 0 Å². The number of rotatable bonds is 4. The fourth-order valence-electron chi connectivity index (χ4n) is 1.60. The molecule has 0 radical (unpaired) electrons. The average molecular weight is 218 g/mol. The van der Waals surface area contributed by atoms with Crippen LogP contribution in [0.1, 0.15) is 48.5 Å². The van der Waals surface area contributed by atoms with E-state index in [1.54, 1.807) is 34.6 Å². The molecule has 3 N–H and O–H groups in total. The predicted molar refractivity (Wildman–Crippen MR) is 61.5 cm³/mol. The van der Waals surface area contributed by atoms with Crippen LogP contribution in [0.4, 0.5) is 0 Å². The van der Waals surface area contributed by atoms with Gasteiger partial charge in [-0.05, 0) is 33.6 Å². The SMILES string of the molecule is CC(C)C(C)(O)C(C)C(C)(O)C(C)(C)O. The van der Waals surface area contributed by atoms with E-state index in [1.165, 1.54) is 0 Å². The third-order valence-electron chi connectivity index (χ3n) is 4.13. The maximum Gasteiger partial charge on any atom is 0.0952 e. The Hall–Kier alpha value is -0.120. The molecule has 0 amide bonds. The summed E-state index contributed by atoms with van der Waals surface area (Å²) in [5.74, 6) is -0.411. The third kappa shape index (κ3) is 2.71. The van der Waals surface area contributed by atoms with E-state index in [-0.39, 0.29) is 5.92 Å². The fraction of sp³-hybridized carbons (Fsp3) is 1.00. The Morgan fingerprint density at radius 1 is 0.800 bits per heavy atom. The molecule has 0 bridgehead atoms. The van der Waals surface area contributed by atoms with Crippen LogP contribution >= 0.6 is 0 Å². The molecule has 0 spiro atoms. The van der Waals surface area contributed by atoms with Gasteiger partial charge < -0.3 is 15.3 Å². The second-order valence-corrected chi connectivity index (χ2v) is 5.81. The smallest absolute Gasteiger partial charge is 0.0952 e. The summed E-state index contributed by atoms with van der Waals surface area (Å²) in [6.07, 6.45) is 0. The van der Waals surface area contributed by atoms with E-state index in [0.717, 1.165) is 0 Å². The molecule has 0 heterocycles. The van der Waals surface area contributed by atoms with Gasteiger partial charge in [0.2, 0.25) is 0 Å². The van der Waals surface area contributed by atoms with Crippen molar-refractivity contribution in [2.45, 2.75) is 65.3 Å². The molecule has 0 saturated carbocycles. The Labute approximate surface area is 93.1 Å². The molecule has 92 valence electrons. The summed E-state index contributed by atoms with van der Waals surface area (Å²) in [5.41, 5.74) is -3.59. The Bertz CT molecular complexity index is 211. The first-order chi connectivity index (χ1) is 6.35. The summed E-state index contributed by atoms with van der Waals surface area (Å²) < 4.78 is 0.